The van der Waals surface area contributed by atoms with Gasteiger partial charge >= 0.3 is 0 Å². The molecule has 1 heteroatoms. The molecular weight excluding hydrogens is 158 g/mol. The molecule has 1 saturated carbocycles. The van der Waals surface area contributed by atoms with E-state index in [1.54, 1.807) is 11.1 Å². The summed E-state index contributed by atoms with van der Waals surface area (Å²) in [5.41, 5.74) is 11.0. The summed E-state index contributed by atoms with van der Waals surface area (Å²) in [7, 11) is 0. The van der Waals surface area contributed by atoms with Gasteiger partial charge in [-0.15, -0.1) is 0 Å². The van der Waals surface area contributed by atoms with Gasteiger partial charge in [-0.3, -0.25) is 0 Å². The van der Waals surface area contributed by atoms with Gasteiger partial charge in [0.1, 0.15) is 0 Å². The first-order valence-electron chi connectivity index (χ1n) is 5.08. The zero-order chi connectivity index (χ0) is 9.05. The summed E-state index contributed by atoms with van der Waals surface area (Å²) in [6.07, 6.45) is 3.74. The third-order valence-electron chi connectivity index (χ3n) is 3.90. The minimum absolute atomic E-state index is 0.404. The molecule has 0 aliphatic heterocycles. The average Bonchev–Trinajstić information content (AvgIpc) is 2.57. The van der Waals surface area contributed by atoms with E-state index in [0.717, 1.165) is 0 Å². The number of benzene rings is 1. The van der Waals surface area contributed by atoms with Crippen molar-refractivity contribution >= 4 is 0 Å². The lowest BCUT2D eigenvalue weighted by Crippen LogP contribution is -2.15. The van der Waals surface area contributed by atoms with E-state index < -0.39 is 0 Å². The van der Waals surface area contributed by atoms with Crippen LogP contribution in [0.2, 0.25) is 0 Å². The predicted molar refractivity (Wildman–Crippen MR) is 53.8 cm³/mol. The molecule has 1 aromatic rings. The molecule has 1 fully saturated rings. The first-order chi connectivity index (χ1) is 6.24. The van der Waals surface area contributed by atoms with Gasteiger partial charge in [0.15, 0.2) is 0 Å². The Hall–Kier alpha value is -0.820. The van der Waals surface area contributed by atoms with Crippen LogP contribution >= 0.6 is 0 Å². The Morgan fingerprint density at radius 1 is 1.46 bits per heavy atom. The van der Waals surface area contributed by atoms with Crippen molar-refractivity contribution in [3.05, 3.63) is 34.9 Å². The SMILES string of the molecule is Cc1cccc2c1CCC21CC1N. The van der Waals surface area contributed by atoms with Gasteiger partial charge in [0.05, 0.1) is 0 Å². The smallest absolute Gasteiger partial charge is 0.0146 e. The van der Waals surface area contributed by atoms with Crippen LogP contribution in [-0.2, 0) is 11.8 Å². The van der Waals surface area contributed by atoms with E-state index in [2.05, 4.69) is 25.1 Å². The van der Waals surface area contributed by atoms with Gasteiger partial charge in [-0.25, -0.2) is 0 Å². The van der Waals surface area contributed by atoms with E-state index in [4.69, 9.17) is 5.73 Å². The van der Waals surface area contributed by atoms with Crippen molar-refractivity contribution in [3.63, 3.8) is 0 Å². The van der Waals surface area contributed by atoms with Crippen LogP contribution in [-0.4, -0.2) is 6.04 Å². The number of hydrogen-bond acceptors (Lipinski definition) is 1. The summed E-state index contributed by atoms with van der Waals surface area (Å²) in [6.45, 7) is 2.21. The van der Waals surface area contributed by atoms with E-state index in [-0.39, 0.29) is 0 Å². The Labute approximate surface area is 78.9 Å². The summed E-state index contributed by atoms with van der Waals surface area (Å²) in [4.78, 5) is 0. The van der Waals surface area contributed by atoms with Gasteiger partial charge in [0, 0.05) is 11.5 Å². The van der Waals surface area contributed by atoms with Crippen molar-refractivity contribution in [1.29, 1.82) is 0 Å². The summed E-state index contributed by atoms with van der Waals surface area (Å²) in [6, 6.07) is 7.11. The second-order valence-electron chi connectivity index (χ2n) is 4.57. The van der Waals surface area contributed by atoms with Crippen LogP contribution in [0, 0.1) is 6.92 Å². The highest BCUT2D eigenvalue weighted by atomic mass is 14.8. The van der Waals surface area contributed by atoms with Crippen molar-refractivity contribution < 1.29 is 0 Å². The predicted octanol–water partition coefficient (Wildman–Crippen LogP) is 1.91. The maximum atomic E-state index is 6.03. The van der Waals surface area contributed by atoms with Gasteiger partial charge in [-0.05, 0) is 42.9 Å². The van der Waals surface area contributed by atoms with Crippen LogP contribution in [0.3, 0.4) is 0 Å². The highest BCUT2D eigenvalue weighted by Gasteiger charge is 2.56. The summed E-state index contributed by atoms with van der Waals surface area (Å²) in [5, 5.41) is 0. The van der Waals surface area contributed by atoms with Crippen molar-refractivity contribution in [2.24, 2.45) is 5.73 Å². The first-order valence-corrected chi connectivity index (χ1v) is 5.08. The fraction of sp³-hybridized carbons (Fsp3) is 0.500. The molecule has 2 aliphatic rings. The molecule has 0 bridgehead atoms. The van der Waals surface area contributed by atoms with E-state index in [0.29, 0.717) is 11.5 Å². The summed E-state index contributed by atoms with van der Waals surface area (Å²) < 4.78 is 0. The van der Waals surface area contributed by atoms with Crippen molar-refractivity contribution in [1.82, 2.24) is 0 Å². The number of hydrogen-bond donors (Lipinski definition) is 1. The van der Waals surface area contributed by atoms with Crippen molar-refractivity contribution in [2.75, 3.05) is 0 Å². The lowest BCUT2D eigenvalue weighted by molar-refractivity contribution is 0.651. The number of rotatable bonds is 0. The minimum atomic E-state index is 0.404. The summed E-state index contributed by atoms with van der Waals surface area (Å²) >= 11 is 0. The van der Waals surface area contributed by atoms with Crippen LogP contribution in [0.4, 0.5) is 0 Å². The number of fused-ring (bicyclic) bond motifs is 2. The Balaban J connectivity index is 2.18. The zero-order valence-electron chi connectivity index (χ0n) is 8.01. The minimum Gasteiger partial charge on any atom is -0.327 e. The van der Waals surface area contributed by atoms with E-state index >= 15 is 0 Å². The third kappa shape index (κ3) is 0.806. The second kappa shape index (κ2) is 2.16. The van der Waals surface area contributed by atoms with Crippen molar-refractivity contribution in [2.45, 2.75) is 37.6 Å². The molecule has 0 amide bonds. The Kier molecular flexibility index (Phi) is 1.26. The monoisotopic (exact) mass is 173 g/mol. The molecule has 1 spiro atoms. The molecule has 0 aromatic heterocycles. The average molecular weight is 173 g/mol. The standard InChI is InChI=1S/C12H15N/c1-8-3-2-4-10-9(8)5-6-12(10)7-11(12)13/h2-4,11H,5-7,13H2,1H3. The van der Waals surface area contributed by atoms with E-state index in [1.807, 2.05) is 0 Å². The molecular formula is C12H15N. The first kappa shape index (κ1) is 7.57. The second-order valence-corrected chi connectivity index (χ2v) is 4.57. The molecule has 3 rings (SSSR count). The van der Waals surface area contributed by atoms with Crippen LogP contribution in [0.1, 0.15) is 29.5 Å². The highest BCUT2D eigenvalue weighted by molar-refractivity contribution is 5.49. The Morgan fingerprint density at radius 3 is 2.92 bits per heavy atom. The maximum Gasteiger partial charge on any atom is 0.0146 e. The maximum absolute atomic E-state index is 6.03. The largest absolute Gasteiger partial charge is 0.327 e. The van der Waals surface area contributed by atoms with Gasteiger partial charge in [-0.1, -0.05) is 18.2 Å². The molecule has 1 aromatic carbocycles. The molecule has 2 unspecified atom stereocenters. The molecule has 0 saturated heterocycles. The fourth-order valence-electron chi connectivity index (χ4n) is 2.91. The molecule has 2 N–H and O–H groups in total. The van der Waals surface area contributed by atoms with E-state index in [9.17, 15) is 0 Å². The highest BCUT2D eigenvalue weighted by Crippen LogP contribution is 2.56. The topological polar surface area (TPSA) is 26.0 Å². The fourth-order valence-corrected chi connectivity index (χ4v) is 2.91. The lowest BCUT2D eigenvalue weighted by atomic mass is 9.96. The van der Waals surface area contributed by atoms with Gasteiger partial charge < -0.3 is 5.73 Å². The van der Waals surface area contributed by atoms with Crippen LogP contribution in [0.15, 0.2) is 18.2 Å². The lowest BCUT2D eigenvalue weighted by Gasteiger charge is -2.09. The Bertz CT molecular complexity index is 369. The molecule has 68 valence electrons. The van der Waals surface area contributed by atoms with Gasteiger partial charge in [-0.2, -0.15) is 0 Å². The third-order valence-corrected chi connectivity index (χ3v) is 3.90. The number of aryl methyl sites for hydroxylation is 1. The molecule has 13 heavy (non-hydrogen) atoms. The van der Waals surface area contributed by atoms with E-state index in [1.165, 1.54) is 24.8 Å². The summed E-state index contributed by atoms with van der Waals surface area (Å²) in [5.74, 6) is 0. The molecule has 1 nitrogen and oxygen atoms in total. The zero-order valence-corrected chi connectivity index (χ0v) is 8.01. The van der Waals surface area contributed by atoms with Crippen LogP contribution < -0.4 is 5.73 Å². The quantitative estimate of drug-likeness (QED) is 0.637. The molecule has 0 radical (unpaired) electrons. The molecule has 0 heterocycles. The van der Waals surface area contributed by atoms with Gasteiger partial charge in [0.2, 0.25) is 0 Å². The van der Waals surface area contributed by atoms with Crippen molar-refractivity contribution in [3.8, 4) is 0 Å². The van der Waals surface area contributed by atoms with Crippen LogP contribution in [0.25, 0.3) is 0 Å². The Morgan fingerprint density at radius 2 is 2.23 bits per heavy atom. The van der Waals surface area contributed by atoms with Crippen LogP contribution in [0.5, 0.6) is 0 Å². The number of nitrogens with two attached hydrogens (primary N) is 1. The molecule has 2 atom stereocenters. The molecule has 2 aliphatic carbocycles. The van der Waals surface area contributed by atoms with Gasteiger partial charge in [0.25, 0.3) is 0 Å². The normalized spacial score (nSPS) is 35.1.